The minimum absolute atomic E-state index is 0.0481. The summed E-state index contributed by atoms with van der Waals surface area (Å²) in [5, 5.41) is 11.9. The molecule has 1 atom stereocenters. The Balaban J connectivity index is 2.03. The summed E-state index contributed by atoms with van der Waals surface area (Å²) in [7, 11) is 0. The van der Waals surface area contributed by atoms with Crippen LogP contribution in [-0.2, 0) is 16.0 Å². The van der Waals surface area contributed by atoms with Gasteiger partial charge in [-0.05, 0) is 28.2 Å². The van der Waals surface area contributed by atoms with Crippen molar-refractivity contribution in [3.63, 3.8) is 0 Å². The van der Waals surface area contributed by atoms with Crippen LogP contribution >= 0.6 is 0 Å². The van der Waals surface area contributed by atoms with Crippen LogP contribution in [0.4, 0.5) is 0 Å². The molecule has 4 nitrogen and oxygen atoms in total. The van der Waals surface area contributed by atoms with Crippen molar-refractivity contribution in [2.45, 2.75) is 52.5 Å². The molecule has 1 aliphatic carbocycles. The average Bonchev–Trinajstić information content (AvgIpc) is 2.64. The molecule has 1 aliphatic rings. The molecule has 0 unspecified atom stereocenters. The van der Waals surface area contributed by atoms with E-state index in [9.17, 15) is 14.7 Å². The van der Waals surface area contributed by atoms with Crippen LogP contribution in [0.3, 0.4) is 0 Å². The summed E-state index contributed by atoms with van der Waals surface area (Å²) in [4.78, 5) is 30.5. The Kier molecular flexibility index (Phi) is 6.09. The van der Waals surface area contributed by atoms with Crippen LogP contribution in [0.25, 0.3) is 10.8 Å². The first kappa shape index (κ1) is 20.4. The van der Waals surface area contributed by atoms with Gasteiger partial charge in [0.2, 0.25) is 0 Å². The van der Waals surface area contributed by atoms with E-state index in [-0.39, 0.29) is 29.6 Å². The molecular weight excluding hydrogens is 350 g/mol. The highest BCUT2D eigenvalue weighted by atomic mass is 16.3. The molecule has 0 spiro atoms. The van der Waals surface area contributed by atoms with E-state index in [2.05, 4.69) is 18.2 Å². The molecule has 0 aromatic heterocycles. The van der Waals surface area contributed by atoms with Crippen molar-refractivity contribution in [2.24, 2.45) is 16.3 Å². The molecule has 1 N–H and O–H groups in total. The number of aliphatic hydroxyl groups excluding tert-OH is 1. The van der Waals surface area contributed by atoms with Crippen molar-refractivity contribution in [2.75, 3.05) is 6.61 Å². The van der Waals surface area contributed by atoms with Crippen LogP contribution in [-0.4, -0.2) is 35.0 Å². The van der Waals surface area contributed by atoms with Gasteiger partial charge >= 0.3 is 0 Å². The number of hydrogen-bond acceptors (Lipinski definition) is 4. The van der Waals surface area contributed by atoms with Gasteiger partial charge in [0, 0.05) is 25.0 Å². The van der Waals surface area contributed by atoms with Gasteiger partial charge in [-0.1, -0.05) is 63.2 Å². The zero-order valence-electron chi connectivity index (χ0n) is 16.9. The zero-order valence-corrected chi connectivity index (χ0v) is 16.9. The lowest BCUT2D eigenvalue weighted by Gasteiger charge is -2.33. The maximum absolute atomic E-state index is 12.9. The second kappa shape index (κ2) is 8.36. The summed E-state index contributed by atoms with van der Waals surface area (Å²) in [5.74, 6) is -0.881. The van der Waals surface area contributed by atoms with Crippen molar-refractivity contribution < 1.29 is 14.7 Å². The Hall–Kier alpha value is -2.33. The molecule has 0 radical (unpaired) electrons. The number of aliphatic hydroxyl groups is 1. The van der Waals surface area contributed by atoms with Crippen LogP contribution in [0.15, 0.2) is 47.5 Å². The maximum Gasteiger partial charge on any atom is 0.149 e. The number of ketones is 2. The summed E-state index contributed by atoms with van der Waals surface area (Å²) < 4.78 is 0. The van der Waals surface area contributed by atoms with Gasteiger partial charge in [-0.2, -0.15) is 0 Å². The third-order valence-corrected chi connectivity index (χ3v) is 5.56. The molecule has 0 saturated heterocycles. The molecule has 3 rings (SSSR count). The van der Waals surface area contributed by atoms with Gasteiger partial charge in [0.25, 0.3) is 0 Å². The summed E-state index contributed by atoms with van der Waals surface area (Å²) in [6, 6.07) is 13.9. The molecule has 2 aromatic carbocycles. The Morgan fingerprint density at radius 3 is 2.39 bits per heavy atom. The van der Waals surface area contributed by atoms with Crippen LogP contribution in [0.5, 0.6) is 0 Å². The fraction of sp³-hybridized carbons (Fsp3) is 0.458. The molecule has 0 amide bonds. The van der Waals surface area contributed by atoms with Gasteiger partial charge in [0.15, 0.2) is 0 Å². The van der Waals surface area contributed by atoms with E-state index in [1.165, 1.54) is 0 Å². The van der Waals surface area contributed by atoms with E-state index in [1.54, 1.807) is 0 Å². The molecule has 4 heteroatoms. The summed E-state index contributed by atoms with van der Waals surface area (Å²) >= 11 is 0. The Bertz CT molecular complexity index is 884. The quantitative estimate of drug-likeness (QED) is 0.605. The second-order valence-electron chi connectivity index (χ2n) is 8.56. The number of carbonyl (C=O) groups is 2. The van der Waals surface area contributed by atoms with Gasteiger partial charge < -0.3 is 5.11 Å². The Morgan fingerprint density at radius 1 is 1.11 bits per heavy atom. The molecule has 0 heterocycles. The number of hydrogen-bond donors (Lipinski definition) is 1. The van der Waals surface area contributed by atoms with Gasteiger partial charge in [-0.3, -0.25) is 14.6 Å². The predicted molar refractivity (Wildman–Crippen MR) is 113 cm³/mol. The molecule has 1 saturated carbocycles. The minimum Gasteiger partial charge on any atom is -0.394 e. The summed E-state index contributed by atoms with van der Waals surface area (Å²) in [5.41, 5.74) is 1.36. The molecule has 0 aliphatic heterocycles. The molecule has 2 aromatic rings. The first-order chi connectivity index (χ1) is 13.3. The fourth-order valence-corrected chi connectivity index (χ4v) is 4.12. The topological polar surface area (TPSA) is 66.7 Å². The van der Waals surface area contributed by atoms with Crippen LogP contribution in [0.2, 0.25) is 0 Å². The lowest BCUT2D eigenvalue weighted by molar-refractivity contribution is -0.136. The maximum atomic E-state index is 12.9. The highest BCUT2D eigenvalue weighted by molar-refractivity contribution is 6.23. The summed E-state index contributed by atoms with van der Waals surface area (Å²) in [6.07, 6.45) is 1.87. The second-order valence-corrected chi connectivity index (χ2v) is 8.56. The van der Waals surface area contributed by atoms with E-state index in [4.69, 9.17) is 4.99 Å². The number of carbonyl (C=O) groups excluding carboxylic acids is 2. The van der Waals surface area contributed by atoms with Crippen molar-refractivity contribution in [1.82, 2.24) is 0 Å². The predicted octanol–water partition coefficient (Wildman–Crippen LogP) is 4.17. The highest BCUT2D eigenvalue weighted by Gasteiger charge is 2.42. The van der Waals surface area contributed by atoms with E-state index in [1.807, 2.05) is 45.0 Å². The van der Waals surface area contributed by atoms with E-state index in [0.29, 0.717) is 31.4 Å². The smallest absolute Gasteiger partial charge is 0.149 e. The largest absolute Gasteiger partial charge is 0.394 e. The number of aliphatic imine (C=N–C) groups is 1. The van der Waals surface area contributed by atoms with E-state index < -0.39 is 5.92 Å². The van der Waals surface area contributed by atoms with Crippen molar-refractivity contribution in [1.29, 1.82) is 0 Å². The highest BCUT2D eigenvalue weighted by Crippen LogP contribution is 2.35. The SMILES string of the molecule is CC[C@H](CO)N=C(Cc1cccc2ccccc12)C1C(=O)CC(C)(C)CC1=O. The first-order valence-electron chi connectivity index (χ1n) is 10.0. The van der Waals surface area contributed by atoms with Crippen LogP contribution in [0, 0.1) is 11.3 Å². The standard InChI is InChI=1S/C24H29NO3/c1-4-18(15-26)25-20(23-21(27)13-24(2,3)14-22(23)28)12-17-10-7-9-16-8-5-6-11-19(16)17/h5-11,18,23,26H,4,12-15H2,1-3H3/t18-/m1/s1. The van der Waals surface area contributed by atoms with Gasteiger partial charge in [-0.15, -0.1) is 0 Å². The first-order valence-corrected chi connectivity index (χ1v) is 10.0. The number of rotatable bonds is 6. The third kappa shape index (κ3) is 4.39. The van der Waals surface area contributed by atoms with Crippen molar-refractivity contribution in [3.05, 3.63) is 48.0 Å². The molecular formula is C24H29NO3. The summed E-state index contributed by atoms with van der Waals surface area (Å²) in [6.45, 7) is 5.79. The Labute approximate surface area is 166 Å². The fourth-order valence-electron chi connectivity index (χ4n) is 4.12. The Morgan fingerprint density at radius 2 is 1.75 bits per heavy atom. The van der Waals surface area contributed by atoms with E-state index >= 15 is 0 Å². The van der Waals surface area contributed by atoms with Gasteiger partial charge in [0.1, 0.15) is 17.5 Å². The molecule has 0 bridgehead atoms. The lowest BCUT2D eigenvalue weighted by Crippen LogP contribution is -2.43. The van der Waals surface area contributed by atoms with Crippen LogP contribution in [0.1, 0.15) is 45.6 Å². The van der Waals surface area contributed by atoms with Gasteiger partial charge in [0.05, 0.1) is 12.6 Å². The minimum atomic E-state index is -0.785. The van der Waals surface area contributed by atoms with Crippen LogP contribution < -0.4 is 0 Å². The zero-order chi connectivity index (χ0) is 20.3. The monoisotopic (exact) mass is 379 g/mol. The number of nitrogens with zero attached hydrogens (tertiary/aromatic N) is 1. The third-order valence-electron chi connectivity index (χ3n) is 5.56. The normalized spacial score (nSPS) is 19.2. The molecule has 148 valence electrons. The number of benzene rings is 2. The average molecular weight is 380 g/mol. The van der Waals surface area contributed by atoms with E-state index in [0.717, 1.165) is 16.3 Å². The lowest BCUT2D eigenvalue weighted by atomic mass is 9.69. The molecule has 28 heavy (non-hydrogen) atoms. The van der Waals surface area contributed by atoms with Crippen molar-refractivity contribution in [3.8, 4) is 0 Å². The number of fused-ring (bicyclic) bond motifs is 1. The molecule has 1 fully saturated rings. The number of Topliss-reactive ketones (excluding diaryl/α,β-unsaturated/α-hetero) is 2. The van der Waals surface area contributed by atoms with Gasteiger partial charge in [-0.25, -0.2) is 0 Å². The van der Waals surface area contributed by atoms with Crippen molar-refractivity contribution >= 4 is 28.1 Å².